The van der Waals surface area contributed by atoms with E-state index in [4.69, 9.17) is 22.4 Å². The lowest BCUT2D eigenvalue weighted by Gasteiger charge is -2.08. The van der Waals surface area contributed by atoms with Gasteiger partial charge in [-0.3, -0.25) is 0 Å². The normalized spacial score (nSPS) is 10.3. The fraction of sp³-hybridized carbons (Fsp3) is 0.214. The van der Waals surface area contributed by atoms with Gasteiger partial charge in [-0.2, -0.15) is 0 Å². The van der Waals surface area contributed by atoms with E-state index in [0.717, 1.165) is 28.3 Å². The van der Waals surface area contributed by atoms with Crippen molar-refractivity contribution in [3.8, 4) is 0 Å². The maximum Gasteiger partial charge on any atom is 0.123 e. The highest BCUT2D eigenvalue weighted by molar-refractivity contribution is 7.80. The molecule has 0 unspecified atom stereocenters. The zero-order chi connectivity index (χ0) is 13.1. The summed E-state index contributed by atoms with van der Waals surface area (Å²) in [6.07, 6.45) is 0. The van der Waals surface area contributed by atoms with Crippen LogP contribution in [0.3, 0.4) is 0 Å². The minimum atomic E-state index is 0.431. The summed E-state index contributed by atoms with van der Waals surface area (Å²) in [4.78, 5) is 0.431. The fourth-order valence-electron chi connectivity index (χ4n) is 1.82. The van der Waals surface area contributed by atoms with Gasteiger partial charge in [0.2, 0.25) is 0 Å². The smallest absolute Gasteiger partial charge is 0.123 e. The molecule has 0 fully saturated rings. The van der Waals surface area contributed by atoms with Gasteiger partial charge in [0.25, 0.3) is 0 Å². The molecular weight excluding hydrogens is 244 g/mol. The quantitative estimate of drug-likeness (QED) is 0.829. The molecule has 94 valence electrons. The first-order chi connectivity index (χ1) is 8.56. The molecule has 4 heteroatoms. The van der Waals surface area contributed by atoms with E-state index in [9.17, 15) is 0 Å². The highest BCUT2D eigenvalue weighted by Gasteiger charge is 2.03. The third-order valence-corrected chi connectivity index (χ3v) is 2.97. The molecule has 0 radical (unpaired) electrons. The van der Waals surface area contributed by atoms with E-state index in [1.807, 2.05) is 44.2 Å². The number of aryl methyl sites for hydroxylation is 2. The van der Waals surface area contributed by atoms with Crippen molar-refractivity contribution < 1.29 is 4.42 Å². The van der Waals surface area contributed by atoms with Crippen molar-refractivity contribution in [1.29, 1.82) is 0 Å². The molecule has 1 aromatic carbocycles. The molecule has 2 aromatic rings. The van der Waals surface area contributed by atoms with E-state index in [1.165, 1.54) is 0 Å². The first-order valence-corrected chi connectivity index (χ1v) is 6.17. The Balaban J connectivity index is 2.06. The fourth-order valence-corrected chi connectivity index (χ4v) is 2.05. The van der Waals surface area contributed by atoms with Crippen LogP contribution in [0.15, 0.2) is 34.7 Å². The van der Waals surface area contributed by atoms with Crippen LogP contribution in [0, 0.1) is 13.8 Å². The van der Waals surface area contributed by atoms with Gasteiger partial charge in [0.05, 0.1) is 6.54 Å². The molecule has 1 heterocycles. The molecule has 0 bridgehead atoms. The van der Waals surface area contributed by atoms with Gasteiger partial charge in [-0.1, -0.05) is 12.2 Å². The molecule has 0 saturated heterocycles. The monoisotopic (exact) mass is 260 g/mol. The van der Waals surface area contributed by atoms with Crippen LogP contribution in [-0.4, -0.2) is 4.99 Å². The van der Waals surface area contributed by atoms with Gasteiger partial charge >= 0.3 is 0 Å². The Kier molecular flexibility index (Phi) is 3.67. The lowest BCUT2D eigenvalue weighted by molar-refractivity contribution is 0.490. The predicted octanol–water partition coefficient (Wildman–Crippen LogP) is 3.14. The number of hydrogen-bond acceptors (Lipinski definition) is 3. The van der Waals surface area contributed by atoms with E-state index < -0.39 is 0 Å². The summed E-state index contributed by atoms with van der Waals surface area (Å²) in [5.74, 6) is 1.84. The zero-order valence-corrected chi connectivity index (χ0v) is 11.3. The van der Waals surface area contributed by atoms with Gasteiger partial charge in [0.15, 0.2) is 0 Å². The van der Waals surface area contributed by atoms with Crippen molar-refractivity contribution in [3.05, 3.63) is 53.0 Å². The topological polar surface area (TPSA) is 51.2 Å². The van der Waals surface area contributed by atoms with Gasteiger partial charge in [-0.05, 0) is 49.7 Å². The maximum atomic E-state index is 5.63. The van der Waals surface area contributed by atoms with Gasteiger partial charge in [-0.15, -0.1) is 0 Å². The molecule has 0 saturated carbocycles. The number of nitrogens with one attached hydrogen (secondary N) is 1. The van der Waals surface area contributed by atoms with Crippen molar-refractivity contribution in [3.63, 3.8) is 0 Å². The molecular formula is C14H16N2OS. The van der Waals surface area contributed by atoms with E-state index in [2.05, 4.69) is 5.32 Å². The van der Waals surface area contributed by atoms with Crippen molar-refractivity contribution >= 4 is 22.9 Å². The van der Waals surface area contributed by atoms with E-state index in [0.29, 0.717) is 11.5 Å². The molecule has 0 aliphatic heterocycles. The summed E-state index contributed by atoms with van der Waals surface area (Å²) in [5, 5.41) is 3.30. The first-order valence-electron chi connectivity index (χ1n) is 5.76. The number of nitrogens with two attached hydrogens (primary N) is 1. The molecule has 0 spiro atoms. The second-order valence-corrected chi connectivity index (χ2v) is 4.70. The molecule has 0 amide bonds. The second kappa shape index (κ2) is 5.23. The molecule has 1 aromatic heterocycles. The molecule has 2 rings (SSSR count). The van der Waals surface area contributed by atoms with Crippen LogP contribution in [0.5, 0.6) is 0 Å². The maximum absolute atomic E-state index is 5.63. The first kappa shape index (κ1) is 12.6. The number of hydrogen-bond donors (Lipinski definition) is 2. The third kappa shape index (κ3) is 2.90. The Bertz CT molecular complexity index is 575. The molecule has 0 aliphatic rings. The van der Waals surface area contributed by atoms with Crippen LogP contribution in [0.2, 0.25) is 0 Å². The number of thiocarbonyl (C=S) groups is 1. The zero-order valence-electron chi connectivity index (χ0n) is 10.5. The van der Waals surface area contributed by atoms with Crippen LogP contribution in [0.1, 0.15) is 22.6 Å². The number of benzene rings is 1. The number of rotatable bonds is 4. The molecule has 0 atom stereocenters. The van der Waals surface area contributed by atoms with E-state index in [1.54, 1.807) is 0 Å². The van der Waals surface area contributed by atoms with Crippen LogP contribution in [0.4, 0.5) is 5.69 Å². The highest BCUT2D eigenvalue weighted by atomic mass is 32.1. The molecule has 18 heavy (non-hydrogen) atoms. The molecule has 3 nitrogen and oxygen atoms in total. The van der Waals surface area contributed by atoms with Gasteiger partial charge < -0.3 is 15.5 Å². The van der Waals surface area contributed by atoms with Crippen LogP contribution in [0.25, 0.3) is 0 Å². The minimum Gasteiger partial charge on any atom is -0.465 e. The summed E-state index contributed by atoms with van der Waals surface area (Å²) in [6, 6.07) is 9.87. The third-order valence-electron chi connectivity index (χ3n) is 2.75. The van der Waals surface area contributed by atoms with Gasteiger partial charge in [0, 0.05) is 11.3 Å². The molecule has 0 aliphatic carbocycles. The van der Waals surface area contributed by atoms with Crippen molar-refractivity contribution in [1.82, 2.24) is 0 Å². The van der Waals surface area contributed by atoms with Crippen LogP contribution in [-0.2, 0) is 6.54 Å². The summed E-state index contributed by atoms with van der Waals surface area (Å²) in [7, 11) is 0. The van der Waals surface area contributed by atoms with Crippen molar-refractivity contribution in [2.24, 2.45) is 5.73 Å². The van der Waals surface area contributed by atoms with E-state index >= 15 is 0 Å². The summed E-state index contributed by atoms with van der Waals surface area (Å²) in [5.41, 5.74) is 8.65. The van der Waals surface area contributed by atoms with Gasteiger partial charge in [0.1, 0.15) is 16.5 Å². The number of anilines is 1. The summed E-state index contributed by atoms with van der Waals surface area (Å²) >= 11 is 4.98. The van der Waals surface area contributed by atoms with Crippen LogP contribution < -0.4 is 11.1 Å². The largest absolute Gasteiger partial charge is 0.465 e. The minimum absolute atomic E-state index is 0.431. The Morgan fingerprint density at radius 2 is 2.06 bits per heavy atom. The van der Waals surface area contributed by atoms with E-state index in [-0.39, 0.29) is 0 Å². The molecule has 3 N–H and O–H groups in total. The van der Waals surface area contributed by atoms with Crippen molar-refractivity contribution in [2.45, 2.75) is 20.4 Å². The van der Waals surface area contributed by atoms with Gasteiger partial charge in [-0.25, -0.2) is 0 Å². The Morgan fingerprint density at radius 1 is 1.28 bits per heavy atom. The standard InChI is InChI=1S/C14H16N2OS/c1-9-7-11(4-6-13(9)14(15)18)16-8-12-5-3-10(2)17-12/h3-7,16H,8H2,1-2H3,(H2,15,18). The number of furan rings is 1. The SMILES string of the molecule is Cc1ccc(CNc2ccc(C(N)=S)c(C)c2)o1. The Hall–Kier alpha value is -1.81. The average Bonchev–Trinajstić information content (AvgIpc) is 2.72. The predicted molar refractivity (Wildman–Crippen MR) is 77.8 cm³/mol. The summed E-state index contributed by atoms with van der Waals surface area (Å²) < 4.78 is 5.49. The summed E-state index contributed by atoms with van der Waals surface area (Å²) in [6.45, 7) is 4.60. The Labute approximate surface area is 112 Å². The lowest BCUT2D eigenvalue weighted by atomic mass is 10.1. The van der Waals surface area contributed by atoms with Crippen LogP contribution >= 0.6 is 12.2 Å². The Morgan fingerprint density at radius 3 is 2.61 bits per heavy atom. The lowest BCUT2D eigenvalue weighted by Crippen LogP contribution is -2.11. The van der Waals surface area contributed by atoms with Crippen molar-refractivity contribution in [2.75, 3.05) is 5.32 Å². The average molecular weight is 260 g/mol. The highest BCUT2D eigenvalue weighted by Crippen LogP contribution is 2.16. The second-order valence-electron chi connectivity index (χ2n) is 4.26.